The van der Waals surface area contributed by atoms with Crippen LogP contribution >= 0.6 is 0 Å². The van der Waals surface area contributed by atoms with Crippen LogP contribution in [0.25, 0.3) is 0 Å². The molecule has 3 N–H and O–H groups in total. The molecule has 2 atom stereocenters. The van der Waals surface area contributed by atoms with Crippen LogP contribution in [-0.2, 0) is 14.3 Å². The van der Waals surface area contributed by atoms with Crippen molar-refractivity contribution in [1.82, 2.24) is 5.32 Å². The fraction of sp³-hybridized carbons (Fsp3) is 0.944. The first-order valence-electron chi connectivity index (χ1n) is 36.0. The van der Waals surface area contributed by atoms with Crippen molar-refractivity contribution in [3.63, 3.8) is 0 Å². The van der Waals surface area contributed by atoms with Gasteiger partial charge < -0.3 is 20.3 Å². The Hall–Kier alpha value is -1.40. The van der Waals surface area contributed by atoms with Crippen LogP contribution in [0.15, 0.2) is 12.2 Å². The lowest BCUT2D eigenvalue weighted by Gasteiger charge is -2.20. The molecule has 464 valence electrons. The molecule has 0 rings (SSSR count). The molecule has 0 aromatic rings. The highest BCUT2D eigenvalue weighted by Crippen LogP contribution is 2.19. The third kappa shape index (κ3) is 63.8. The van der Waals surface area contributed by atoms with Crippen LogP contribution in [0.2, 0.25) is 0 Å². The van der Waals surface area contributed by atoms with Crippen LogP contribution in [0.1, 0.15) is 412 Å². The van der Waals surface area contributed by atoms with Crippen molar-refractivity contribution in [2.24, 2.45) is 0 Å². The predicted molar refractivity (Wildman–Crippen MR) is 343 cm³/mol. The van der Waals surface area contributed by atoms with Gasteiger partial charge in [0, 0.05) is 12.8 Å². The zero-order chi connectivity index (χ0) is 56.4. The van der Waals surface area contributed by atoms with Gasteiger partial charge in [0.25, 0.3) is 0 Å². The van der Waals surface area contributed by atoms with Crippen molar-refractivity contribution < 1.29 is 24.5 Å². The molecule has 1 amide bonds. The predicted octanol–water partition coefficient (Wildman–Crippen LogP) is 23.1. The number of aliphatic hydroxyl groups excluding tert-OH is 2. The third-order valence-electron chi connectivity index (χ3n) is 17.1. The Bertz CT molecular complexity index is 1180. The standard InChI is InChI=1S/C72H141NO5/c1-3-5-7-9-11-13-15-17-18-19-31-35-38-42-46-50-54-58-62-66-72(77)78-67-63-59-55-51-47-43-39-36-33-30-28-26-24-22-20-21-23-25-27-29-32-34-37-41-45-49-53-57-61-65-71(76)73-69(68-74)70(75)64-60-56-52-48-44-40-16-14-12-10-8-6-4-2/h60,64,69-70,74-75H,3-59,61-63,65-68H2,1-2H3,(H,73,76)/b64-60+. The molecule has 0 fully saturated rings. The van der Waals surface area contributed by atoms with Crippen LogP contribution in [0.4, 0.5) is 0 Å². The average molecular weight is 1100 g/mol. The Labute approximate surface area is 489 Å². The van der Waals surface area contributed by atoms with E-state index < -0.39 is 12.1 Å². The number of carbonyl (C=O) groups is 2. The number of carbonyl (C=O) groups excluding carboxylic acids is 2. The summed E-state index contributed by atoms with van der Waals surface area (Å²) in [7, 11) is 0. The van der Waals surface area contributed by atoms with Crippen LogP contribution in [0, 0.1) is 0 Å². The maximum absolute atomic E-state index is 12.5. The lowest BCUT2D eigenvalue weighted by atomic mass is 10.0. The quantitative estimate of drug-likeness (QED) is 0.0320. The molecule has 0 saturated carbocycles. The zero-order valence-electron chi connectivity index (χ0n) is 53.2. The van der Waals surface area contributed by atoms with E-state index in [4.69, 9.17) is 4.74 Å². The molecular weight excluding hydrogens is 959 g/mol. The van der Waals surface area contributed by atoms with Gasteiger partial charge in [-0.1, -0.05) is 379 Å². The number of allylic oxidation sites excluding steroid dienone is 1. The molecular formula is C72H141NO5. The van der Waals surface area contributed by atoms with Crippen molar-refractivity contribution in [1.29, 1.82) is 0 Å². The van der Waals surface area contributed by atoms with E-state index in [2.05, 4.69) is 19.2 Å². The van der Waals surface area contributed by atoms with Crippen molar-refractivity contribution in [3.8, 4) is 0 Å². The highest BCUT2D eigenvalue weighted by atomic mass is 16.5. The zero-order valence-corrected chi connectivity index (χ0v) is 53.2. The van der Waals surface area contributed by atoms with Gasteiger partial charge in [-0.3, -0.25) is 9.59 Å². The maximum atomic E-state index is 12.5. The van der Waals surface area contributed by atoms with Crippen molar-refractivity contribution in [2.75, 3.05) is 13.2 Å². The van der Waals surface area contributed by atoms with Gasteiger partial charge in [0.2, 0.25) is 5.91 Å². The lowest BCUT2D eigenvalue weighted by Crippen LogP contribution is -2.45. The molecule has 0 heterocycles. The molecule has 6 heteroatoms. The first-order valence-corrected chi connectivity index (χ1v) is 36.0. The van der Waals surface area contributed by atoms with E-state index in [0.29, 0.717) is 19.4 Å². The van der Waals surface area contributed by atoms with Gasteiger partial charge in [-0.15, -0.1) is 0 Å². The molecule has 0 aromatic carbocycles. The second-order valence-corrected chi connectivity index (χ2v) is 24.9. The number of esters is 1. The van der Waals surface area contributed by atoms with Gasteiger partial charge in [0.1, 0.15) is 0 Å². The van der Waals surface area contributed by atoms with E-state index in [1.807, 2.05) is 6.08 Å². The molecule has 0 aliphatic carbocycles. The van der Waals surface area contributed by atoms with Crippen molar-refractivity contribution in [2.45, 2.75) is 424 Å². The van der Waals surface area contributed by atoms with E-state index in [1.165, 1.54) is 347 Å². The third-order valence-corrected chi connectivity index (χ3v) is 17.1. The molecule has 0 aliphatic rings. The number of aliphatic hydroxyl groups is 2. The van der Waals surface area contributed by atoms with Crippen LogP contribution in [-0.4, -0.2) is 47.4 Å². The maximum Gasteiger partial charge on any atom is 0.305 e. The summed E-state index contributed by atoms with van der Waals surface area (Å²) in [6.07, 6.45) is 84.5. The summed E-state index contributed by atoms with van der Waals surface area (Å²) in [6, 6.07) is -0.624. The van der Waals surface area contributed by atoms with Gasteiger partial charge in [-0.25, -0.2) is 0 Å². The molecule has 0 aliphatic heterocycles. The van der Waals surface area contributed by atoms with Crippen LogP contribution < -0.4 is 5.32 Å². The summed E-state index contributed by atoms with van der Waals surface area (Å²) in [5, 5.41) is 23.1. The molecule has 0 saturated heterocycles. The number of hydrogen-bond acceptors (Lipinski definition) is 5. The SMILES string of the molecule is CCCCCCCCCCCCC/C=C/C(O)C(CO)NC(=O)CCCCCCCCCCCCCCCCCCCCCCCCCCCCCCCOC(=O)CCCCCCCCCCCCCCCCCCCCC. The smallest absolute Gasteiger partial charge is 0.305 e. The monoisotopic (exact) mass is 1100 g/mol. The summed E-state index contributed by atoms with van der Waals surface area (Å²) in [5.41, 5.74) is 0. The number of rotatable bonds is 68. The summed E-state index contributed by atoms with van der Waals surface area (Å²) < 4.78 is 5.52. The Morgan fingerprint density at radius 1 is 0.346 bits per heavy atom. The summed E-state index contributed by atoms with van der Waals surface area (Å²) in [4.78, 5) is 24.6. The number of nitrogens with one attached hydrogen (secondary N) is 1. The number of ether oxygens (including phenoxy) is 1. The summed E-state index contributed by atoms with van der Waals surface area (Å²) >= 11 is 0. The highest BCUT2D eigenvalue weighted by Gasteiger charge is 2.18. The minimum absolute atomic E-state index is 0.0249. The normalized spacial score (nSPS) is 12.5. The van der Waals surface area contributed by atoms with Crippen molar-refractivity contribution >= 4 is 11.9 Å². The van der Waals surface area contributed by atoms with Gasteiger partial charge in [-0.2, -0.15) is 0 Å². The summed E-state index contributed by atoms with van der Waals surface area (Å²) in [6.45, 7) is 4.94. The second kappa shape index (κ2) is 68.1. The van der Waals surface area contributed by atoms with Gasteiger partial charge in [-0.05, 0) is 32.1 Å². The minimum atomic E-state index is -0.840. The molecule has 78 heavy (non-hydrogen) atoms. The number of amides is 1. The van der Waals surface area contributed by atoms with E-state index in [1.54, 1.807) is 6.08 Å². The second-order valence-electron chi connectivity index (χ2n) is 24.9. The van der Waals surface area contributed by atoms with Crippen LogP contribution in [0.5, 0.6) is 0 Å². The van der Waals surface area contributed by atoms with Gasteiger partial charge in [0.15, 0.2) is 0 Å². The van der Waals surface area contributed by atoms with Gasteiger partial charge >= 0.3 is 5.97 Å². The highest BCUT2D eigenvalue weighted by molar-refractivity contribution is 5.76. The molecule has 0 bridgehead atoms. The average Bonchev–Trinajstić information content (AvgIpc) is 3.44. The molecule has 2 unspecified atom stereocenters. The first-order chi connectivity index (χ1) is 38.5. The van der Waals surface area contributed by atoms with E-state index in [9.17, 15) is 19.8 Å². The number of hydrogen-bond donors (Lipinski definition) is 3. The number of unbranched alkanes of at least 4 members (excludes halogenated alkanes) is 57. The Morgan fingerprint density at radius 2 is 0.590 bits per heavy atom. The van der Waals surface area contributed by atoms with Crippen LogP contribution in [0.3, 0.4) is 0 Å². The molecule has 0 spiro atoms. The van der Waals surface area contributed by atoms with E-state index in [0.717, 1.165) is 38.5 Å². The topological polar surface area (TPSA) is 95.9 Å². The molecule has 0 aromatic heterocycles. The van der Waals surface area contributed by atoms with E-state index in [-0.39, 0.29) is 18.5 Å². The van der Waals surface area contributed by atoms with Gasteiger partial charge in [0.05, 0.1) is 25.4 Å². The molecule has 6 nitrogen and oxygen atoms in total. The van der Waals surface area contributed by atoms with E-state index >= 15 is 0 Å². The Balaban J connectivity index is 3.31. The summed E-state index contributed by atoms with van der Waals surface area (Å²) in [5.74, 6) is -0.0374. The first kappa shape index (κ1) is 76.6. The lowest BCUT2D eigenvalue weighted by molar-refractivity contribution is -0.143. The fourth-order valence-electron chi connectivity index (χ4n) is 11.6. The largest absolute Gasteiger partial charge is 0.466 e. The Kier molecular flexibility index (Phi) is 66.9. The fourth-order valence-corrected chi connectivity index (χ4v) is 11.6. The van der Waals surface area contributed by atoms with Crippen molar-refractivity contribution in [3.05, 3.63) is 12.2 Å². The Morgan fingerprint density at radius 3 is 0.872 bits per heavy atom. The molecule has 0 radical (unpaired) electrons. The minimum Gasteiger partial charge on any atom is -0.466 e.